The molecule has 3 aromatic rings. The Morgan fingerprint density at radius 1 is 1.00 bits per heavy atom. The Labute approximate surface area is 126 Å². The molecule has 2 heterocycles. The standard InChI is InChI=1S/C16H13NOS2/c1-18-14-6-3-2-5-13(14)17-11-12-8-9-16(20-12)15-7-4-10-19-15/h2-11H,1H3. The van der Waals surface area contributed by atoms with Crippen LogP contribution < -0.4 is 4.74 Å². The second-order valence-corrected chi connectivity index (χ2v) is 6.17. The van der Waals surface area contributed by atoms with E-state index in [-0.39, 0.29) is 0 Å². The molecule has 0 aliphatic carbocycles. The Morgan fingerprint density at radius 2 is 1.90 bits per heavy atom. The van der Waals surface area contributed by atoms with Gasteiger partial charge in [0.2, 0.25) is 0 Å². The number of hydrogen-bond donors (Lipinski definition) is 0. The van der Waals surface area contributed by atoms with Gasteiger partial charge in [-0.3, -0.25) is 4.99 Å². The van der Waals surface area contributed by atoms with Crippen LogP contribution in [-0.2, 0) is 0 Å². The number of ether oxygens (including phenoxy) is 1. The number of hydrogen-bond acceptors (Lipinski definition) is 4. The molecule has 1 aromatic carbocycles. The average Bonchev–Trinajstić information content (AvgIpc) is 3.16. The van der Waals surface area contributed by atoms with Gasteiger partial charge in [0.05, 0.1) is 7.11 Å². The molecule has 0 spiro atoms. The first kappa shape index (κ1) is 13.1. The van der Waals surface area contributed by atoms with E-state index in [0.29, 0.717) is 0 Å². The molecule has 0 unspecified atom stereocenters. The highest BCUT2D eigenvalue weighted by Gasteiger charge is 2.03. The van der Waals surface area contributed by atoms with E-state index in [1.54, 1.807) is 29.8 Å². The zero-order chi connectivity index (χ0) is 13.8. The van der Waals surface area contributed by atoms with Gasteiger partial charge in [0.1, 0.15) is 11.4 Å². The van der Waals surface area contributed by atoms with Gasteiger partial charge in [0.25, 0.3) is 0 Å². The Morgan fingerprint density at radius 3 is 2.70 bits per heavy atom. The molecule has 20 heavy (non-hydrogen) atoms. The molecule has 0 atom stereocenters. The summed E-state index contributed by atoms with van der Waals surface area (Å²) in [4.78, 5) is 8.22. The van der Waals surface area contributed by atoms with Crippen molar-refractivity contribution >= 4 is 34.6 Å². The van der Waals surface area contributed by atoms with Crippen LogP contribution in [0.2, 0.25) is 0 Å². The van der Waals surface area contributed by atoms with Crippen LogP contribution in [0.5, 0.6) is 5.75 Å². The second-order valence-electron chi connectivity index (χ2n) is 4.11. The first-order valence-electron chi connectivity index (χ1n) is 6.17. The summed E-state index contributed by atoms with van der Waals surface area (Å²) in [6.07, 6.45) is 1.89. The van der Waals surface area contributed by atoms with Crippen LogP contribution in [0.3, 0.4) is 0 Å². The topological polar surface area (TPSA) is 21.6 Å². The number of rotatable bonds is 4. The zero-order valence-corrected chi connectivity index (χ0v) is 12.6. The van der Waals surface area contributed by atoms with E-state index in [9.17, 15) is 0 Å². The molecule has 0 amide bonds. The van der Waals surface area contributed by atoms with Gasteiger partial charge in [0, 0.05) is 20.8 Å². The monoisotopic (exact) mass is 299 g/mol. The van der Waals surface area contributed by atoms with Crippen LogP contribution in [0.1, 0.15) is 4.88 Å². The number of thiophene rings is 2. The maximum atomic E-state index is 5.29. The van der Waals surface area contributed by atoms with Crippen LogP contribution in [0, 0.1) is 0 Å². The largest absolute Gasteiger partial charge is 0.494 e. The number of nitrogens with zero attached hydrogens (tertiary/aromatic N) is 1. The first-order chi connectivity index (χ1) is 9.86. The van der Waals surface area contributed by atoms with Crippen LogP contribution in [0.15, 0.2) is 58.9 Å². The summed E-state index contributed by atoms with van der Waals surface area (Å²) in [5.74, 6) is 0.791. The molecule has 0 saturated carbocycles. The normalized spacial score (nSPS) is 11.1. The van der Waals surface area contributed by atoms with Gasteiger partial charge < -0.3 is 4.74 Å². The summed E-state index contributed by atoms with van der Waals surface area (Å²) in [6, 6.07) is 16.2. The van der Waals surface area contributed by atoms with Crippen LogP contribution in [-0.4, -0.2) is 13.3 Å². The molecule has 3 rings (SSSR count). The quantitative estimate of drug-likeness (QED) is 0.604. The highest BCUT2D eigenvalue weighted by Crippen LogP contribution is 2.31. The third kappa shape index (κ3) is 2.81. The van der Waals surface area contributed by atoms with Crippen LogP contribution in [0.4, 0.5) is 5.69 Å². The Hall–Kier alpha value is -1.91. The molecule has 0 aliphatic rings. The molecule has 0 fully saturated rings. The van der Waals surface area contributed by atoms with Crippen LogP contribution in [0.25, 0.3) is 9.75 Å². The van der Waals surface area contributed by atoms with Crippen LogP contribution >= 0.6 is 22.7 Å². The molecule has 2 nitrogen and oxygen atoms in total. The van der Waals surface area contributed by atoms with Crippen molar-refractivity contribution in [3.05, 3.63) is 58.8 Å². The molecule has 100 valence electrons. The van der Waals surface area contributed by atoms with Gasteiger partial charge in [-0.15, -0.1) is 22.7 Å². The Balaban J connectivity index is 1.83. The van der Waals surface area contributed by atoms with E-state index in [2.05, 4.69) is 34.6 Å². The summed E-state index contributed by atoms with van der Waals surface area (Å²) in [5, 5.41) is 2.09. The molecule has 0 saturated heterocycles. The molecule has 0 bridgehead atoms. The maximum Gasteiger partial charge on any atom is 0.144 e. The van der Waals surface area contributed by atoms with Crippen molar-refractivity contribution in [2.45, 2.75) is 0 Å². The fourth-order valence-electron chi connectivity index (χ4n) is 1.84. The van der Waals surface area contributed by atoms with Gasteiger partial charge in [-0.2, -0.15) is 0 Å². The first-order valence-corrected chi connectivity index (χ1v) is 7.87. The van der Waals surface area contributed by atoms with Crippen molar-refractivity contribution in [1.29, 1.82) is 0 Å². The van der Waals surface area contributed by atoms with E-state index < -0.39 is 0 Å². The van der Waals surface area contributed by atoms with Crippen molar-refractivity contribution in [3.63, 3.8) is 0 Å². The number of para-hydroxylation sites is 2. The number of methoxy groups -OCH3 is 1. The van der Waals surface area contributed by atoms with Crippen molar-refractivity contribution in [3.8, 4) is 15.5 Å². The average molecular weight is 299 g/mol. The van der Waals surface area contributed by atoms with E-state index in [4.69, 9.17) is 4.74 Å². The van der Waals surface area contributed by atoms with Crippen molar-refractivity contribution in [1.82, 2.24) is 0 Å². The smallest absolute Gasteiger partial charge is 0.144 e. The van der Waals surface area contributed by atoms with Crippen molar-refractivity contribution in [2.24, 2.45) is 4.99 Å². The van der Waals surface area contributed by atoms with E-state index in [0.717, 1.165) is 16.3 Å². The molecular formula is C16H13NOS2. The predicted molar refractivity (Wildman–Crippen MR) is 87.9 cm³/mol. The lowest BCUT2D eigenvalue weighted by atomic mass is 10.3. The predicted octanol–water partition coefficient (Wildman–Crippen LogP) is 5.24. The third-order valence-electron chi connectivity index (χ3n) is 2.81. The molecule has 2 aromatic heterocycles. The molecule has 0 N–H and O–H groups in total. The number of aliphatic imine (C=N–C) groups is 1. The lowest BCUT2D eigenvalue weighted by Gasteiger charge is -2.01. The van der Waals surface area contributed by atoms with Gasteiger partial charge in [-0.25, -0.2) is 0 Å². The highest BCUT2D eigenvalue weighted by molar-refractivity contribution is 7.22. The third-order valence-corrected chi connectivity index (χ3v) is 4.89. The fraction of sp³-hybridized carbons (Fsp3) is 0.0625. The van der Waals surface area contributed by atoms with Crippen molar-refractivity contribution < 1.29 is 4.74 Å². The molecular weight excluding hydrogens is 286 g/mol. The zero-order valence-electron chi connectivity index (χ0n) is 10.9. The second kappa shape index (κ2) is 6.03. The Bertz CT molecular complexity index is 714. The lowest BCUT2D eigenvalue weighted by molar-refractivity contribution is 0.416. The maximum absolute atomic E-state index is 5.29. The summed E-state index contributed by atoms with van der Waals surface area (Å²) < 4.78 is 5.29. The molecule has 4 heteroatoms. The molecule has 0 radical (unpaired) electrons. The SMILES string of the molecule is COc1ccccc1N=Cc1ccc(-c2cccs2)s1. The van der Waals surface area contributed by atoms with Gasteiger partial charge >= 0.3 is 0 Å². The fourth-order valence-corrected chi connectivity index (χ4v) is 3.56. The Kier molecular flexibility index (Phi) is 3.95. The van der Waals surface area contributed by atoms with Gasteiger partial charge in [0.15, 0.2) is 0 Å². The van der Waals surface area contributed by atoms with E-state index in [1.165, 1.54) is 9.75 Å². The van der Waals surface area contributed by atoms with E-state index in [1.807, 2.05) is 30.5 Å². The van der Waals surface area contributed by atoms with Gasteiger partial charge in [-0.1, -0.05) is 18.2 Å². The summed E-state index contributed by atoms with van der Waals surface area (Å²) in [7, 11) is 1.66. The summed E-state index contributed by atoms with van der Waals surface area (Å²) >= 11 is 3.50. The van der Waals surface area contributed by atoms with Gasteiger partial charge in [-0.05, 0) is 35.7 Å². The lowest BCUT2D eigenvalue weighted by Crippen LogP contribution is -1.82. The molecule has 0 aliphatic heterocycles. The number of benzene rings is 1. The summed E-state index contributed by atoms with van der Waals surface area (Å²) in [5.41, 5.74) is 0.848. The minimum atomic E-state index is 0.791. The van der Waals surface area contributed by atoms with Crippen molar-refractivity contribution in [2.75, 3.05) is 7.11 Å². The minimum Gasteiger partial charge on any atom is -0.494 e. The van der Waals surface area contributed by atoms with E-state index >= 15 is 0 Å². The highest BCUT2D eigenvalue weighted by atomic mass is 32.1. The minimum absolute atomic E-state index is 0.791. The summed E-state index contributed by atoms with van der Waals surface area (Å²) in [6.45, 7) is 0.